The number of rotatable bonds is 3. The van der Waals surface area contributed by atoms with E-state index in [0.29, 0.717) is 24.4 Å². The molecule has 3 aliphatic heterocycles. The molecule has 152 valence electrons. The molecule has 1 aromatic rings. The molecule has 1 aromatic carbocycles. The van der Waals surface area contributed by atoms with Crippen molar-refractivity contribution in [3.63, 3.8) is 0 Å². The Morgan fingerprint density at radius 3 is 2.68 bits per heavy atom. The first kappa shape index (κ1) is 19.2. The van der Waals surface area contributed by atoms with E-state index >= 15 is 0 Å². The summed E-state index contributed by atoms with van der Waals surface area (Å²) in [5.74, 6) is -0.0736. The topological polar surface area (TPSA) is 96.0 Å². The number of amides is 2. The van der Waals surface area contributed by atoms with Crippen LogP contribution in [0, 0.1) is 5.92 Å². The summed E-state index contributed by atoms with van der Waals surface area (Å²) in [4.78, 5) is 26.3. The zero-order valence-corrected chi connectivity index (χ0v) is 16.5. The lowest BCUT2D eigenvalue weighted by molar-refractivity contribution is -0.137. The van der Waals surface area contributed by atoms with Crippen LogP contribution in [0.2, 0.25) is 0 Å². The van der Waals surface area contributed by atoms with Crippen molar-refractivity contribution in [3.05, 3.63) is 18.2 Å². The van der Waals surface area contributed by atoms with Crippen LogP contribution < -0.4 is 10.1 Å². The predicted octanol–water partition coefficient (Wildman–Crippen LogP) is 1.43. The van der Waals surface area contributed by atoms with E-state index in [1.54, 1.807) is 6.07 Å². The highest BCUT2D eigenvalue weighted by Crippen LogP contribution is 2.32. The average Bonchev–Trinajstić information content (AvgIpc) is 2.73. The molecule has 2 amide bonds. The maximum atomic E-state index is 13.1. The summed E-state index contributed by atoms with van der Waals surface area (Å²) in [6, 6.07) is 4.47. The fraction of sp³-hybridized carbons (Fsp3) is 0.579. The monoisotopic (exact) mass is 407 g/mol. The molecule has 1 N–H and O–H groups in total. The van der Waals surface area contributed by atoms with Crippen LogP contribution in [0.25, 0.3) is 0 Å². The highest BCUT2D eigenvalue weighted by molar-refractivity contribution is 7.89. The Morgan fingerprint density at radius 1 is 1.11 bits per heavy atom. The maximum Gasteiger partial charge on any atom is 0.262 e. The van der Waals surface area contributed by atoms with Gasteiger partial charge in [0.1, 0.15) is 5.75 Å². The quantitative estimate of drug-likeness (QED) is 0.818. The highest BCUT2D eigenvalue weighted by Gasteiger charge is 2.35. The van der Waals surface area contributed by atoms with Gasteiger partial charge in [0.05, 0.1) is 16.5 Å². The van der Waals surface area contributed by atoms with Gasteiger partial charge in [-0.2, -0.15) is 4.31 Å². The molecule has 3 heterocycles. The average molecular weight is 407 g/mol. The number of piperidine rings is 2. The van der Waals surface area contributed by atoms with Gasteiger partial charge in [-0.15, -0.1) is 0 Å². The summed E-state index contributed by atoms with van der Waals surface area (Å²) in [6.07, 6.45) is 4.56. The molecule has 3 aliphatic rings. The molecule has 8 nitrogen and oxygen atoms in total. The molecule has 4 rings (SSSR count). The van der Waals surface area contributed by atoms with Gasteiger partial charge in [0.2, 0.25) is 15.9 Å². The normalized spacial score (nSPS) is 23.5. The van der Waals surface area contributed by atoms with Crippen LogP contribution in [0.5, 0.6) is 5.75 Å². The first-order valence-corrected chi connectivity index (χ1v) is 11.2. The predicted molar refractivity (Wildman–Crippen MR) is 102 cm³/mol. The molecule has 0 unspecified atom stereocenters. The minimum atomic E-state index is -3.75. The summed E-state index contributed by atoms with van der Waals surface area (Å²) in [5, 5.41) is 2.64. The number of benzene rings is 1. The number of hydrogen-bond acceptors (Lipinski definition) is 5. The summed E-state index contributed by atoms with van der Waals surface area (Å²) in [5.41, 5.74) is 0.357. The number of nitrogens with one attached hydrogen (secondary N) is 1. The number of anilines is 1. The first-order valence-electron chi connectivity index (χ1n) is 9.81. The van der Waals surface area contributed by atoms with Crippen molar-refractivity contribution in [2.75, 3.05) is 38.1 Å². The van der Waals surface area contributed by atoms with Crippen LogP contribution in [0.3, 0.4) is 0 Å². The van der Waals surface area contributed by atoms with Gasteiger partial charge in [-0.25, -0.2) is 8.42 Å². The van der Waals surface area contributed by atoms with E-state index in [1.165, 1.54) is 16.4 Å². The Bertz CT molecular complexity index is 880. The van der Waals surface area contributed by atoms with E-state index in [1.807, 2.05) is 4.90 Å². The zero-order valence-electron chi connectivity index (χ0n) is 15.7. The number of sulfonamides is 1. The van der Waals surface area contributed by atoms with Crippen LogP contribution in [-0.4, -0.2) is 62.2 Å². The van der Waals surface area contributed by atoms with Crippen LogP contribution >= 0.6 is 0 Å². The van der Waals surface area contributed by atoms with Gasteiger partial charge in [-0.1, -0.05) is 0 Å². The van der Waals surface area contributed by atoms with Crippen molar-refractivity contribution in [1.82, 2.24) is 9.21 Å². The van der Waals surface area contributed by atoms with Crippen molar-refractivity contribution < 1.29 is 22.7 Å². The molecule has 0 aromatic heterocycles. The lowest BCUT2D eigenvalue weighted by atomic mass is 9.97. The molecule has 0 aliphatic carbocycles. The van der Waals surface area contributed by atoms with E-state index in [0.717, 1.165) is 38.8 Å². The number of fused-ring (bicyclic) bond motifs is 1. The molecular weight excluding hydrogens is 382 g/mol. The van der Waals surface area contributed by atoms with Crippen molar-refractivity contribution in [3.8, 4) is 5.75 Å². The van der Waals surface area contributed by atoms with Gasteiger partial charge in [0.25, 0.3) is 5.91 Å². The summed E-state index contributed by atoms with van der Waals surface area (Å²) >= 11 is 0. The number of ether oxygens (including phenoxy) is 1. The molecular formula is C19H25N3O5S. The van der Waals surface area contributed by atoms with E-state index in [-0.39, 0.29) is 35.8 Å². The van der Waals surface area contributed by atoms with E-state index < -0.39 is 10.0 Å². The third-order valence-electron chi connectivity index (χ3n) is 5.62. The van der Waals surface area contributed by atoms with E-state index in [9.17, 15) is 18.0 Å². The van der Waals surface area contributed by atoms with Crippen molar-refractivity contribution >= 4 is 27.5 Å². The third-order valence-corrected chi connectivity index (χ3v) is 7.48. The molecule has 0 saturated carbocycles. The van der Waals surface area contributed by atoms with Gasteiger partial charge >= 0.3 is 0 Å². The second-order valence-corrected chi connectivity index (χ2v) is 9.52. The Morgan fingerprint density at radius 2 is 1.89 bits per heavy atom. The van der Waals surface area contributed by atoms with E-state index in [2.05, 4.69) is 5.32 Å². The van der Waals surface area contributed by atoms with Gasteiger partial charge in [0.15, 0.2) is 6.61 Å². The fourth-order valence-electron chi connectivity index (χ4n) is 4.11. The van der Waals surface area contributed by atoms with Crippen molar-refractivity contribution in [2.24, 2.45) is 5.92 Å². The molecule has 28 heavy (non-hydrogen) atoms. The Balaban J connectivity index is 1.51. The molecule has 9 heteroatoms. The van der Waals surface area contributed by atoms with Crippen molar-refractivity contribution in [2.45, 2.75) is 37.0 Å². The Hall–Kier alpha value is -2.13. The molecule has 0 bridgehead atoms. The number of nitrogens with zero attached hydrogens (tertiary/aromatic N) is 2. The summed E-state index contributed by atoms with van der Waals surface area (Å²) in [6.45, 7) is 2.06. The van der Waals surface area contributed by atoms with Gasteiger partial charge in [-0.3, -0.25) is 9.59 Å². The van der Waals surface area contributed by atoms with Crippen LogP contribution in [-0.2, 0) is 19.6 Å². The lowest BCUT2D eigenvalue weighted by Gasteiger charge is -2.35. The lowest BCUT2D eigenvalue weighted by Crippen LogP contribution is -2.47. The van der Waals surface area contributed by atoms with Crippen LogP contribution in [0.15, 0.2) is 23.1 Å². The summed E-state index contributed by atoms with van der Waals surface area (Å²) < 4.78 is 33.0. The SMILES string of the molecule is O=C1COc2ccc(S(=O)(=O)N3CCC[C@H](C(=O)N4CCCCC4)C3)cc2N1. The highest BCUT2D eigenvalue weighted by atomic mass is 32.2. The van der Waals surface area contributed by atoms with Crippen LogP contribution in [0.1, 0.15) is 32.1 Å². The second kappa shape index (κ2) is 7.71. The number of hydrogen-bond donors (Lipinski definition) is 1. The largest absolute Gasteiger partial charge is 0.482 e. The molecule has 2 fully saturated rings. The molecule has 1 atom stereocenters. The third kappa shape index (κ3) is 3.73. The second-order valence-electron chi connectivity index (χ2n) is 7.58. The molecule has 0 spiro atoms. The fourth-order valence-corrected chi connectivity index (χ4v) is 5.66. The van der Waals surface area contributed by atoms with Gasteiger partial charge in [-0.05, 0) is 50.3 Å². The minimum absolute atomic E-state index is 0.0747. The Labute approximate surface area is 164 Å². The number of carbonyl (C=O) groups is 2. The number of carbonyl (C=O) groups excluding carboxylic acids is 2. The first-order chi connectivity index (χ1) is 13.4. The molecule has 2 saturated heterocycles. The van der Waals surface area contributed by atoms with Crippen LogP contribution in [0.4, 0.5) is 5.69 Å². The molecule has 0 radical (unpaired) electrons. The standard InChI is InChI=1S/C19H25N3O5S/c23-18-13-27-17-7-6-15(11-16(17)20-18)28(25,26)22-10-4-5-14(12-22)19(24)21-8-2-1-3-9-21/h6-7,11,14H,1-5,8-10,12-13H2,(H,20,23)/t14-/m0/s1. The minimum Gasteiger partial charge on any atom is -0.482 e. The van der Waals surface area contributed by atoms with Gasteiger partial charge < -0.3 is 15.0 Å². The van der Waals surface area contributed by atoms with Gasteiger partial charge in [0, 0.05) is 26.2 Å². The summed E-state index contributed by atoms with van der Waals surface area (Å²) in [7, 11) is -3.75. The maximum absolute atomic E-state index is 13.1. The zero-order chi connectivity index (χ0) is 19.7. The van der Waals surface area contributed by atoms with Crippen molar-refractivity contribution in [1.29, 1.82) is 0 Å². The Kier molecular flexibility index (Phi) is 5.29. The van der Waals surface area contributed by atoms with E-state index in [4.69, 9.17) is 4.74 Å². The number of likely N-dealkylation sites (tertiary alicyclic amines) is 1. The smallest absolute Gasteiger partial charge is 0.262 e.